The summed E-state index contributed by atoms with van der Waals surface area (Å²) in [5.41, 5.74) is 0.334. The van der Waals surface area contributed by atoms with E-state index in [0.717, 1.165) is 12.8 Å². The predicted octanol–water partition coefficient (Wildman–Crippen LogP) is 1.49. The SMILES string of the molecule is CNS(=O)(=O)c1cc(C(=O)NC(C)CCC(C)C)n(C)c1. The predicted molar refractivity (Wildman–Crippen MR) is 82.7 cm³/mol. The minimum absolute atomic E-state index is 0.0548. The second kappa shape index (κ2) is 7.09. The smallest absolute Gasteiger partial charge is 0.268 e. The minimum Gasteiger partial charge on any atom is -0.348 e. The van der Waals surface area contributed by atoms with E-state index in [1.807, 2.05) is 6.92 Å². The van der Waals surface area contributed by atoms with E-state index in [0.29, 0.717) is 11.6 Å². The van der Waals surface area contributed by atoms with E-state index in [-0.39, 0.29) is 16.8 Å². The molecule has 1 rings (SSSR count). The van der Waals surface area contributed by atoms with Crippen LogP contribution in [0.4, 0.5) is 0 Å². The highest BCUT2D eigenvalue weighted by Gasteiger charge is 2.20. The summed E-state index contributed by atoms with van der Waals surface area (Å²) in [6.45, 7) is 6.23. The third-order valence-corrected chi connectivity index (χ3v) is 4.73. The molecule has 1 unspecified atom stereocenters. The molecule has 0 aliphatic rings. The highest BCUT2D eigenvalue weighted by Crippen LogP contribution is 2.14. The van der Waals surface area contributed by atoms with Gasteiger partial charge in [-0.1, -0.05) is 13.8 Å². The average Bonchev–Trinajstić information content (AvgIpc) is 2.79. The molecule has 7 heteroatoms. The standard InChI is InChI=1S/C14H25N3O3S/c1-10(2)6-7-11(3)16-14(18)13-8-12(9-17(13)5)21(19,20)15-4/h8-11,15H,6-7H2,1-5H3,(H,16,18). The average molecular weight is 315 g/mol. The molecule has 0 spiro atoms. The summed E-state index contributed by atoms with van der Waals surface area (Å²) in [7, 11) is -0.536. The van der Waals surface area contributed by atoms with Gasteiger partial charge in [0.05, 0.1) is 0 Å². The van der Waals surface area contributed by atoms with Gasteiger partial charge >= 0.3 is 0 Å². The number of aryl methyl sites for hydroxylation is 1. The molecule has 1 aromatic heterocycles. The first-order chi connectivity index (χ1) is 9.67. The summed E-state index contributed by atoms with van der Waals surface area (Å²) in [4.78, 5) is 12.3. The molecule has 0 saturated carbocycles. The number of carbonyl (C=O) groups excluding carboxylic acids is 1. The molecular weight excluding hydrogens is 290 g/mol. The van der Waals surface area contributed by atoms with E-state index in [1.165, 1.54) is 23.9 Å². The molecule has 0 bridgehead atoms. The van der Waals surface area contributed by atoms with Crippen molar-refractivity contribution in [2.45, 2.75) is 44.6 Å². The monoisotopic (exact) mass is 315 g/mol. The molecule has 21 heavy (non-hydrogen) atoms. The molecule has 1 aromatic rings. The van der Waals surface area contributed by atoms with Gasteiger partial charge < -0.3 is 9.88 Å². The molecule has 1 amide bonds. The van der Waals surface area contributed by atoms with Crippen LogP contribution >= 0.6 is 0 Å². The largest absolute Gasteiger partial charge is 0.348 e. The van der Waals surface area contributed by atoms with Crippen molar-refractivity contribution >= 4 is 15.9 Å². The number of nitrogens with zero attached hydrogens (tertiary/aromatic N) is 1. The van der Waals surface area contributed by atoms with E-state index < -0.39 is 10.0 Å². The number of hydrogen-bond acceptors (Lipinski definition) is 3. The number of sulfonamides is 1. The molecule has 2 N–H and O–H groups in total. The number of nitrogens with one attached hydrogen (secondary N) is 2. The quantitative estimate of drug-likeness (QED) is 0.800. The number of rotatable bonds is 7. The van der Waals surface area contributed by atoms with Crippen LogP contribution in [0.5, 0.6) is 0 Å². The number of carbonyl (C=O) groups is 1. The molecule has 1 atom stereocenters. The highest BCUT2D eigenvalue weighted by atomic mass is 32.2. The van der Waals surface area contributed by atoms with E-state index in [9.17, 15) is 13.2 Å². The van der Waals surface area contributed by atoms with Crippen molar-refractivity contribution < 1.29 is 13.2 Å². The van der Waals surface area contributed by atoms with Crippen LogP contribution in [0.1, 0.15) is 44.1 Å². The van der Waals surface area contributed by atoms with Crippen molar-refractivity contribution in [3.63, 3.8) is 0 Å². The van der Waals surface area contributed by atoms with Gasteiger partial charge in [0.15, 0.2) is 0 Å². The molecule has 1 heterocycles. The van der Waals surface area contributed by atoms with Crippen molar-refractivity contribution in [1.29, 1.82) is 0 Å². The molecule has 0 radical (unpaired) electrons. The van der Waals surface area contributed by atoms with Crippen LogP contribution in [0, 0.1) is 5.92 Å². The summed E-state index contributed by atoms with van der Waals surface area (Å²) < 4.78 is 27.2. The first kappa shape index (κ1) is 17.7. The maximum absolute atomic E-state index is 12.2. The zero-order chi connectivity index (χ0) is 16.2. The zero-order valence-electron chi connectivity index (χ0n) is 13.3. The molecule has 120 valence electrons. The fraction of sp³-hybridized carbons (Fsp3) is 0.643. The lowest BCUT2D eigenvalue weighted by atomic mass is 10.0. The molecule has 6 nitrogen and oxygen atoms in total. The summed E-state index contributed by atoms with van der Waals surface area (Å²) in [6, 6.07) is 1.44. The maximum Gasteiger partial charge on any atom is 0.268 e. The van der Waals surface area contributed by atoms with Crippen molar-refractivity contribution in [2.24, 2.45) is 13.0 Å². The van der Waals surface area contributed by atoms with Crippen molar-refractivity contribution in [3.05, 3.63) is 18.0 Å². The van der Waals surface area contributed by atoms with Crippen molar-refractivity contribution in [2.75, 3.05) is 7.05 Å². The number of aromatic nitrogens is 1. The van der Waals surface area contributed by atoms with Crippen LogP contribution in [0.3, 0.4) is 0 Å². The first-order valence-corrected chi connectivity index (χ1v) is 8.56. The second-order valence-corrected chi connectivity index (χ2v) is 7.61. The van der Waals surface area contributed by atoms with E-state index in [4.69, 9.17) is 0 Å². The van der Waals surface area contributed by atoms with Crippen LogP contribution < -0.4 is 10.0 Å². The van der Waals surface area contributed by atoms with Crippen LogP contribution in [-0.2, 0) is 17.1 Å². The summed E-state index contributed by atoms with van der Waals surface area (Å²) in [5.74, 6) is 0.332. The molecule has 0 saturated heterocycles. The van der Waals surface area contributed by atoms with Crippen LogP contribution in [-0.4, -0.2) is 32.0 Å². The lowest BCUT2D eigenvalue weighted by Gasteiger charge is -2.15. The lowest BCUT2D eigenvalue weighted by Crippen LogP contribution is -2.33. The van der Waals surface area contributed by atoms with Gasteiger partial charge in [0.1, 0.15) is 10.6 Å². The second-order valence-electron chi connectivity index (χ2n) is 5.73. The number of amides is 1. The zero-order valence-corrected chi connectivity index (χ0v) is 14.1. The Labute approximate surface area is 127 Å². The van der Waals surface area contributed by atoms with Crippen molar-refractivity contribution in [1.82, 2.24) is 14.6 Å². The fourth-order valence-electron chi connectivity index (χ4n) is 1.98. The Balaban J connectivity index is 2.80. The highest BCUT2D eigenvalue weighted by molar-refractivity contribution is 7.89. The van der Waals surface area contributed by atoms with E-state index in [1.54, 1.807) is 7.05 Å². The normalized spacial score (nSPS) is 13.4. The van der Waals surface area contributed by atoms with Crippen LogP contribution in [0.2, 0.25) is 0 Å². The fourth-order valence-corrected chi connectivity index (χ4v) is 2.78. The Kier molecular flexibility index (Phi) is 5.98. The maximum atomic E-state index is 12.2. The van der Waals surface area contributed by atoms with Gasteiger partial charge in [-0.25, -0.2) is 13.1 Å². The molecule has 0 aliphatic heterocycles. The Morgan fingerprint density at radius 1 is 1.29 bits per heavy atom. The van der Waals surface area contributed by atoms with E-state index >= 15 is 0 Å². The number of hydrogen-bond donors (Lipinski definition) is 2. The third-order valence-electron chi connectivity index (χ3n) is 3.35. The third kappa shape index (κ3) is 4.86. The van der Waals surface area contributed by atoms with Crippen molar-refractivity contribution in [3.8, 4) is 0 Å². The van der Waals surface area contributed by atoms with Gasteiger partial charge in [-0.2, -0.15) is 0 Å². The Bertz CT molecular complexity index is 591. The Morgan fingerprint density at radius 2 is 1.90 bits per heavy atom. The van der Waals surface area contributed by atoms with Gasteiger partial charge in [-0.05, 0) is 38.8 Å². The summed E-state index contributed by atoms with van der Waals surface area (Å²) in [5, 5.41) is 2.90. The van der Waals surface area contributed by atoms with Crippen LogP contribution in [0.15, 0.2) is 17.2 Å². The minimum atomic E-state index is -3.53. The lowest BCUT2D eigenvalue weighted by molar-refractivity contribution is 0.0929. The molecule has 0 fully saturated rings. The van der Waals surface area contributed by atoms with Gasteiger partial charge in [0.2, 0.25) is 10.0 Å². The van der Waals surface area contributed by atoms with E-state index in [2.05, 4.69) is 23.9 Å². The van der Waals surface area contributed by atoms with Gasteiger partial charge in [-0.15, -0.1) is 0 Å². The molecular formula is C14H25N3O3S. The summed E-state index contributed by atoms with van der Waals surface area (Å²) >= 11 is 0. The molecule has 0 aliphatic carbocycles. The summed E-state index contributed by atoms with van der Waals surface area (Å²) in [6.07, 6.45) is 3.36. The van der Waals surface area contributed by atoms with Gasteiger partial charge in [-0.3, -0.25) is 4.79 Å². The first-order valence-electron chi connectivity index (χ1n) is 7.08. The molecule has 0 aromatic carbocycles. The Hall–Kier alpha value is -1.34. The van der Waals surface area contributed by atoms with Gasteiger partial charge in [0, 0.05) is 19.3 Å². The Morgan fingerprint density at radius 3 is 2.43 bits per heavy atom. The topological polar surface area (TPSA) is 80.2 Å². The van der Waals surface area contributed by atoms with Crippen LogP contribution in [0.25, 0.3) is 0 Å². The van der Waals surface area contributed by atoms with Gasteiger partial charge in [0.25, 0.3) is 5.91 Å².